The van der Waals surface area contributed by atoms with Crippen LogP contribution in [0.3, 0.4) is 0 Å². The Kier molecular flexibility index (Phi) is 3.81. The van der Waals surface area contributed by atoms with Gasteiger partial charge in [-0.25, -0.2) is 13.9 Å². The van der Waals surface area contributed by atoms with Crippen molar-refractivity contribution in [2.24, 2.45) is 10.9 Å². The van der Waals surface area contributed by atoms with Gasteiger partial charge in [-0.05, 0) is 19.8 Å². The van der Waals surface area contributed by atoms with Gasteiger partial charge in [0.05, 0.1) is 13.1 Å². The maximum atomic E-state index is 12.9. The first-order valence-electron chi connectivity index (χ1n) is 8.15. The molecule has 1 fully saturated rings. The molecule has 1 atom stereocenters. The second kappa shape index (κ2) is 5.58. The molecule has 0 bridgehead atoms. The van der Waals surface area contributed by atoms with E-state index in [2.05, 4.69) is 30.0 Å². The van der Waals surface area contributed by atoms with Crippen LogP contribution in [-0.2, 0) is 11.3 Å². The average molecular weight is 330 g/mol. The first-order valence-corrected chi connectivity index (χ1v) is 8.15. The highest BCUT2D eigenvalue weighted by Gasteiger charge is 2.53. The van der Waals surface area contributed by atoms with Gasteiger partial charge in [-0.3, -0.25) is 14.6 Å². The fourth-order valence-electron chi connectivity index (χ4n) is 3.24. The summed E-state index contributed by atoms with van der Waals surface area (Å²) in [6.07, 6.45) is 1.94. The summed E-state index contributed by atoms with van der Waals surface area (Å²) < 4.78 is 3.98. The summed E-state index contributed by atoms with van der Waals surface area (Å²) in [7, 11) is 1.66. The number of amidine groups is 1. The van der Waals surface area contributed by atoms with Crippen LogP contribution in [0.4, 0.5) is 10.7 Å². The summed E-state index contributed by atoms with van der Waals surface area (Å²) >= 11 is 0. The lowest BCUT2D eigenvalue weighted by atomic mass is 10.1. The first kappa shape index (κ1) is 16.4. The minimum atomic E-state index is -0.575. The average Bonchev–Trinajstić information content (AvgIpc) is 2.98. The minimum Gasteiger partial charge on any atom is -0.270 e. The fourth-order valence-corrected chi connectivity index (χ4v) is 3.24. The highest BCUT2D eigenvalue weighted by molar-refractivity contribution is 6.19. The molecule has 7 nitrogen and oxygen atoms in total. The highest BCUT2D eigenvalue weighted by Crippen LogP contribution is 2.29. The zero-order chi connectivity index (χ0) is 17.8. The van der Waals surface area contributed by atoms with Gasteiger partial charge in [-0.1, -0.05) is 31.0 Å². The number of imide groups is 1. The van der Waals surface area contributed by atoms with Crippen molar-refractivity contribution in [2.45, 2.75) is 40.3 Å². The van der Waals surface area contributed by atoms with Crippen molar-refractivity contribution < 1.29 is 14.2 Å². The molecule has 0 N–H and O–H groups in total. The monoisotopic (exact) mass is 330 g/mol. The van der Waals surface area contributed by atoms with Gasteiger partial charge in [0.15, 0.2) is 0 Å². The van der Waals surface area contributed by atoms with Gasteiger partial charge in [0.1, 0.15) is 11.9 Å². The summed E-state index contributed by atoms with van der Waals surface area (Å²) in [6, 6.07) is -0.926. The molecule has 3 heterocycles. The molecular formula is C17H24N5O2+. The zero-order valence-corrected chi connectivity index (χ0v) is 14.9. The third kappa shape index (κ3) is 2.35. The number of amides is 3. The Bertz CT molecular complexity index is 774. The summed E-state index contributed by atoms with van der Waals surface area (Å²) in [5.41, 5.74) is 1.82. The van der Waals surface area contributed by atoms with Crippen molar-refractivity contribution in [1.82, 2.24) is 14.4 Å². The number of nitrogens with zero attached hydrogens (tertiary/aromatic N) is 5. The van der Waals surface area contributed by atoms with Gasteiger partial charge < -0.3 is 0 Å². The van der Waals surface area contributed by atoms with Crippen molar-refractivity contribution >= 4 is 23.7 Å². The van der Waals surface area contributed by atoms with Crippen molar-refractivity contribution in [3.05, 3.63) is 24.0 Å². The maximum absolute atomic E-state index is 12.9. The number of likely N-dealkylation sites (N-methyl/N-ethyl adjacent to an activating group) is 1. The van der Waals surface area contributed by atoms with Crippen molar-refractivity contribution in [1.29, 1.82) is 0 Å². The molecule has 3 rings (SSSR count). The third-order valence-corrected chi connectivity index (χ3v) is 4.30. The van der Waals surface area contributed by atoms with Crippen LogP contribution in [0.25, 0.3) is 0 Å². The molecule has 24 heavy (non-hydrogen) atoms. The van der Waals surface area contributed by atoms with Crippen LogP contribution in [0.15, 0.2) is 23.3 Å². The number of imidazole rings is 1. The van der Waals surface area contributed by atoms with E-state index in [9.17, 15) is 9.59 Å². The van der Waals surface area contributed by atoms with E-state index < -0.39 is 6.04 Å². The van der Waals surface area contributed by atoms with Crippen LogP contribution in [0, 0.1) is 12.8 Å². The Morgan fingerprint density at radius 3 is 2.67 bits per heavy atom. The minimum absolute atomic E-state index is 0.230. The van der Waals surface area contributed by atoms with E-state index in [1.807, 2.05) is 17.7 Å². The molecule has 0 aromatic carbocycles. The highest BCUT2D eigenvalue weighted by atomic mass is 16.2. The number of aromatic nitrogens is 2. The van der Waals surface area contributed by atoms with E-state index in [1.165, 1.54) is 9.80 Å². The quantitative estimate of drug-likeness (QED) is 0.624. The van der Waals surface area contributed by atoms with E-state index in [0.29, 0.717) is 11.8 Å². The molecule has 1 aromatic heterocycles. The largest absolute Gasteiger partial charge is 0.401 e. The lowest BCUT2D eigenvalue weighted by molar-refractivity contribution is -0.677. The third-order valence-electron chi connectivity index (χ3n) is 4.30. The van der Waals surface area contributed by atoms with E-state index in [-0.39, 0.29) is 18.5 Å². The second-order valence-corrected chi connectivity index (χ2v) is 7.08. The summed E-state index contributed by atoms with van der Waals surface area (Å²) in [5, 5.41) is 0. The van der Waals surface area contributed by atoms with Gasteiger partial charge in [0.25, 0.3) is 5.91 Å². The number of carbonyl (C=O) groups excluding carboxylic acids is 2. The van der Waals surface area contributed by atoms with E-state index >= 15 is 0 Å². The molecule has 0 spiro atoms. The van der Waals surface area contributed by atoms with Crippen molar-refractivity contribution in [2.75, 3.05) is 13.6 Å². The van der Waals surface area contributed by atoms with Gasteiger partial charge in [0.2, 0.25) is 11.9 Å². The van der Waals surface area contributed by atoms with Crippen molar-refractivity contribution in [3.8, 4) is 0 Å². The number of aryl methyl sites for hydroxylation is 1. The molecule has 2 aliphatic heterocycles. The van der Waals surface area contributed by atoms with Crippen LogP contribution in [0.2, 0.25) is 0 Å². The van der Waals surface area contributed by atoms with Gasteiger partial charge in [-0.15, -0.1) is 0 Å². The van der Waals surface area contributed by atoms with Gasteiger partial charge >= 0.3 is 12.0 Å². The molecule has 128 valence electrons. The molecule has 1 aromatic rings. The molecule has 1 unspecified atom stereocenters. The molecule has 7 heteroatoms. The maximum Gasteiger partial charge on any atom is 0.401 e. The first-order chi connectivity index (χ1) is 11.2. The van der Waals surface area contributed by atoms with E-state index in [4.69, 9.17) is 0 Å². The fraction of sp³-hybridized carbons (Fsp3) is 0.529. The van der Waals surface area contributed by atoms with Crippen LogP contribution >= 0.6 is 0 Å². The van der Waals surface area contributed by atoms with Gasteiger partial charge in [-0.2, -0.15) is 0 Å². The molecule has 0 radical (unpaired) electrons. The second-order valence-electron chi connectivity index (χ2n) is 7.08. The smallest absolute Gasteiger partial charge is 0.270 e. The van der Waals surface area contributed by atoms with Crippen molar-refractivity contribution in [3.63, 3.8) is 0 Å². The summed E-state index contributed by atoms with van der Waals surface area (Å²) in [6.45, 7) is 13.0. The lowest BCUT2D eigenvalue weighted by Crippen LogP contribution is -2.62. The Balaban J connectivity index is 2.07. The van der Waals surface area contributed by atoms with Crippen LogP contribution < -0.4 is 4.57 Å². The Labute approximate surface area is 141 Å². The number of urea groups is 1. The van der Waals surface area contributed by atoms with Crippen LogP contribution in [0.5, 0.6) is 0 Å². The van der Waals surface area contributed by atoms with E-state index in [0.717, 1.165) is 23.8 Å². The number of aliphatic imine (C=N–C) groups is 1. The van der Waals surface area contributed by atoms with Gasteiger partial charge in [0, 0.05) is 7.05 Å². The van der Waals surface area contributed by atoms with Crippen LogP contribution in [0.1, 0.15) is 32.5 Å². The number of carbonyl (C=O) groups is 2. The number of rotatable bonds is 4. The Hall–Kier alpha value is -2.44. The SMILES string of the molecule is C=C(C)CN1C(=O)C2C(=Nc3n(CC(C)C)c(C)c[n+]32)N(C)C1=O. The number of fused-ring (bicyclic) bond motifs is 3. The standard InChI is InChI=1S/C17H24N5O2/c1-10(2)7-20-12(5)9-21-13-14(18-16(20)21)19(6)17(24)22(15(13)23)8-11(3)4/h9-10,13H,3,7-8H2,1-2,4-6H3/q+1. The molecule has 0 aliphatic carbocycles. The number of hydrogen-bond acceptors (Lipinski definition) is 3. The number of hydrogen-bond donors (Lipinski definition) is 0. The summed E-state index contributed by atoms with van der Waals surface area (Å²) in [4.78, 5) is 32.8. The predicted octanol–water partition coefficient (Wildman–Crippen LogP) is 1.79. The molecular weight excluding hydrogens is 306 g/mol. The van der Waals surface area contributed by atoms with E-state index in [1.54, 1.807) is 14.0 Å². The molecule has 1 saturated heterocycles. The lowest BCUT2D eigenvalue weighted by Gasteiger charge is -2.33. The topological polar surface area (TPSA) is 61.8 Å². The molecule has 0 saturated carbocycles. The van der Waals surface area contributed by atoms with Crippen LogP contribution in [-0.4, -0.2) is 45.7 Å². The predicted molar refractivity (Wildman–Crippen MR) is 90.0 cm³/mol. The zero-order valence-electron chi connectivity index (χ0n) is 14.9. The normalized spacial score (nSPS) is 19.8. The summed E-state index contributed by atoms with van der Waals surface area (Å²) in [5.74, 6) is 1.44. The Morgan fingerprint density at radius 1 is 1.42 bits per heavy atom. The molecule has 3 amide bonds. The molecule has 2 aliphatic rings. The Morgan fingerprint density at radius 2 is 2.08 bits per heavy atom.